The van der Waals surface area contributed by atoms with E-state index in [2.05, 4.69) is 16.6 Å². The Bertz CT molecular complexity index is 147. The van der Waals surface area contributed by atoms with E-state index >= 15 is 0 Å². The number of rotatable bonds is 5. The molecule has 0 atom stereocenters. The lowest BCUT2D eigenvalue weighted by atomic mass is 10.1. The molecule has 2 nitrogen and oxygen atoms in total. The summed E-state index contributed by atoms with van der Waals surface area (Å²) in [6, 6.07) is 0. The van der Waals surface area contributed by atoms with Crippen molar-refractivity contribution in [2.24, 2.45) is 0 Å². The first-order valence-corrected chi connectivity index (χ1v) is 4.08. The third-order valence-electron chi connectivity index (χ3n) is 1.61. The van der Waals surface area contributed by atoms with Gasteiger partial charge in [0.05, 0.1) is 0 Å². The van der Waals surface area contributed by atoms with Crippen LogP contribution in [-0.2, 0) is 0 Å². The smallest absolute Gasteiger partial charge is 0.233 e. The van der Waals surface area contributed by atoms with Gasteiger partial charge < -0.3 is 0 Å². The van der Waals surface area contributed by atoms with Crippen LogP contribution in [0.1, 0.15) is 39.0 Å². The molecule has 0 saturated heterocycles. The summed E-state index contributed by atoms with van der Waals surface area (Å²) in [6.07, 6.45) is 4.98. The normalized spacial score (nSPS) is 9.09. The molecule has 0 radical (unpaired) electrons. The van der Waals surface area contributed by atoms with Gasteiger partial charge in [0.25, 0.3) is 0 Å². The maximum atomic E-state index is 6.65. The van der Waals surface area contributed by atoms with E-state index < -0.39 is 6.17 Å². The van der Waals surface area contributed by atoms with Gasteiger partial charge >= 0.3 is 6.17 Å². The van der Waals surface area contributed by atoms with E-state index in [1.807, 2.05) is 0 Å². The summed E-state index contributed by atoms with van der Waals surface area (Å²) in [5.41, 5.74) is 0. The Morgan fingerprint density at radius 3 is 2.18 bits per heavy atom. The summed E-state index contributed by atoms with van der Waals surface area (Å²) in [4.78, 5) is 6.40. The van der Waals surface area contributed by atoms with Gasteiger partial charge in [-0.3, -0.25) is 0 Å². The molecule has 60 valence electrons. The Balaban J connectivity index is 3.25. The summed E-state index contributed by atoms with van der Waals surface area (Å²) in [5, 5.41) is 0. The van der Waals surface area contributed by atoms with Crippen LogP contribution in [0.4, 0.5) is 0 Å². The van der Waals surface area contributed by atoms with Crippen molar-refractivity contribution in [3.05, 3.63) is 22.8 Å². The predicted octanol–water partition coefficient (Wildman–Crippen LogP) is 3.12. The fraction of sp³-hybridized carbons (Fsp3) is 0.778. The molecule has 0 spiro atoms. The van der Waals surface area contributed by atoms with Crippen LogP contribution in [0, 0.1) is 13.1 Å². The highest BCUT2D eigenvalue weighted by atomic mass is 14.9. The van der Waals surface area contributed by atoms with Crippen molar-refractivity contribution in [1.29, 1.82) is 0 Å². The second-order valence-corrected chi connectivity index (χ2v) is 2.59. The van der Waals surface area contributed by atoms with E-state index in [-0.39, 0.29) is 0 Å². The molecule has 0 aliphatic rings. The number of hydrogen-bond donors (Lipinski definition) is 0. The maximum absolute atomic E-state index is 6.65. The molecule has 0 unspecified atom stereocenters. The number of hydrogen-bond acceptors (Lipinski definition) is 0. The topological polar surface area (TPSA) is 8.72 Å². The second kappa shape index (κ2) is 7.09. The van der Waals surface area contributed by atoms with Crippen LogP contribution in [-0.4, -0.2) is 6.17 Å². The van der Waals surface area contributed by atoms with Crippen molar-refractivity contribution >= 4 is 0 Å². The Kier molecular flexibility index (Phi) is 6.43. The molecule has 11 heavy (non-hydrogen) atoms. The van der Waals surface area contributed by atoms with Gasteiger partial charge in [0.2, 0.25) is 0 Å². The molecule has 0 fully saturated rings. The lowest BCUT2D eigenvalue weighted by Gasteiger charge is -1.93. The highest BCUT2D eigenvalue weighted by Gasteiger charge is 2.12. The van der Waals surface area contributed by atoms with Crippen molar-refractivity contribution in [3.63, 3.8) is 0 Å². The molecular formula is C9H14N2. The molecule has 0 amide bonds. The Labute approximate surface area is 68.9 Å². The zero-order chi connectivity index (χ0) is 8.53. The molecule has 0 aliphatic carbocycles. The molecule has 0 N–H and O–H groups in total. The third kappa shape index (κ3) is 5.43. The molecule has 0 aromatic rings. The Morgan fingerprint density at radius 1 is 1.09 bits per heavy atom. The van der Waals surface area contributed by atoms with Crippen LogP contribution < -0.4 is 0 Å². The van der Waals surface area contributed by atoms with Crippen LogP contribution in [0.3, 0.4) is 0 Å². The monoisotopic (exact) mass is 150 g/mol. The van der Waals surface area contributed by atoms with Crippen molar-refractivity contribution in [1.82, 2.24) is 0 Å². The van der Waals surface area contributed by atoms with Gasteiger partial charge in [0.1, 0.15) is 6.42 Å². The molecule has 0 aromatic heterocycles. The maximum Gasteiger partial charge on any atom is 0.474 e. The first kappa shape index (κ1) is 9.98. The average Bonchev–Trinajstić information content (AvgIpc) is 2.05. The molecule has 0 bridgehead atoms. The fourth-order valence-corrected chi connectivity index (χ4v) is 0.912. The molecule has 0 aliphatic heterocycles. The summed E-state index contributed by atoms with van der Waals surface area (Å²) in [6.45, 7) is 15.5. The fourth-order valence-electron chi connectivity index (χ4n) is 0.912. The molecule has 0 rings (SSSR count). The lowest BCUT2D eigenvalue weighted by Crippen LogP contribution is -1.93. The van der Waals surface area contributed by atoms with Gasteiger partial charge in [-0.05, 0) is 6.42 Å². The summed E-state index contributed by atoms with van der Waals surface area (Å²) < 4.78 is 0. The number of unbranched alkanes of at least 4 members (excludes halogenated alkanes) is 3. The van der Waals surface area contributed by atoms with Crippen LogP contribution in [0.2, 0.25) is 0 Å². The van der Waals surface area contributed by atoms with E-state index in [1.54, 1.807) is 0 Å². The summed E-state index contributed by atoms with van der Waals surface area (Å²) in [5.74, 6) is 0. The van der Waals surface area contributed by atoms with Gasteiger partial charge in [-0.1, -0.05) is 26.2 Å². The largest absolute Gasteiger partial charge is 0.474 e. The van der Waals surface area contributed by atoms with Crippen molar-refractivity contribution in [2.75, 3.05) is 0 Å². The standard InChI is InChI=1S/C9H14N2/c1-4-5-6-7-8-9(10-2)11-3/h9H,4-8H2,1H3. The second-order valence-electron chi connectivity index (χ2n) is 2.59. The molecule has 0 saturated carbocycles. The van der Waals surface area contributed by atoms with E-state index in [4.69, 9.17) is 13.1 Å². The van der Waals surface area contributed by atoms with E-state index in [1.165, 1.54) is 12.8 Å². The van der Waals surface area contributed by atoms with Crippen LogP contribution in [0.25, 0.3) is 9.69 Å². The van der Waals surface area contributed by atoms with E-state index in [0.29, 0.717) is 0 Å². The minimum absolute atomic E-state index is 0.410. The van der Waals surface area contributed by atoms with Gasteiger partial charge in [-0.15, -0.1) is 0 Å². The van der Waals surface area contributed by atoms with Crippen molar-refractivity contribution in [3.8, 4) is 0 Å². The molecule has 0 heterocycles. The number of nitrogens with zero attached hydrogens (tertiary/aromatic N) is 2. The minimum Gasteiger partial charge on any atom is -0.233 e. The quantitative estimate of drug-likeness (QED) is 0.420. The Hall–Kier alpha value is -1.02. The first-order chi connectivity index (χ1) is 5.35. The zero-order valence-electron chi connectivity index (χ0n) is 7.01. The third-order valence-corrected chi connectivity index (χ3v) is 1.61. The summed E-state index contributed by atoms with van der Waals surface area (Å²) >= 11 is 0. The average molecular weight is 150 g/mol. The van der Waals surface area contributed by atoms with Crippen molar-refractivity contribution < 1.29 is 0 Å². The van der Waals surface area contributed by atoms with Gasteiger partial charge in [0, 0.05) is 0 Å². The lowest BCUT2D eigenvalue weighted by molar-refractivity contribution is 0.624. The highest BCUT2D eigenvalue weighted by Crippen LogP contribution is 2.08. The van der Waals surface area contributed by atoms with Gasteiger partial charge in [0.15, 0.2) is 0 Å². The molecule has 0 aromatic carbocycles. The van der Waals surface area contributed by atoms with Gasteiger partial charge in [-0.2, -0.15) is 0 Å². The van der Waals surface area contributed by atoms with E-state index in [0.717, 1.165) is 19.3 Å². The Morgan fingerprint density at radius 2 is 1.73 bits per heavy atom. The van der Waals surface area contributed by atoms with Gasteiger partial charge in [-0.25, -0.2) is 22.8 Å². The van der Waals surface area contributed by atoms with E-state index in [9.17, 15) is 0 Å². The van der Waals surface area contributed by atoms with Crippen LogP contribution in [0.5, 0.6) is 0 Å². The zero-order valence-corrected chi connectivity index (χ0v) is 7.01. The minimum atomic E-state index is -0.410. The molecule has 2 heteroatoms. The highest BCUT2D eigenvalue weighted by molar-refractivity contribution is 4.85. The predicted molar refractivity (Wildman–Crippen MR) is 45.8 cm³/mol. The first-order valence-electron chi connectivity index (χ1n) is 4.08. The van der Waals surface area contributed by atoms with Crippen LogP contribution >= 0.6 is 0 Å². The van der Waals surface area contributed by atoms with Crippen molar-refractivity contribution in [2.45, 2.75) is 45.2 Å². The SMILES string of the molecule is [C-]#[N+]C(CCCCCC)[N+]#[C-]. The summed E-state index contributed by atoms with van der Waals surface area (Å²) in [7, 11) is 0. The van der Waals surface area contributed by atoms with Crippen LogP contribution in [0.15, 0.2) is 0 Å². The molecular weight excluding hydrogens is 136 g/mol.